The largest absolute Gasteiger partial charge is 0.350 e. The van der Waals surface area contributed by atoms with Gasteiger partial charge in [-0.25, -0.2) is 9.97 Å². The summed E-state index contributed by atoms with van der Waals surface area (Å²) >= 11 is 13.7. The number of rotatable bonds is 8. The first-order chi connectivity index (χ1) is 15.3. The highest BCUT2D eigenvalue weighted by molar-refractivity contribution is 7.98. The molecule has 166 valence electrons. The Morgan fingerprint density at radius 2 is 1.81 bits per heavy atom. The highest BCUT2D eigenvalue weighted by Gasteiger charge is 2.15. The van der Waals surface area contributed by atoms with Gasteiger partial charge in [0.2, 0.25) is 5.91 Å². The molecule has 0 bridgehead atoms. The Bertz CT molecular complexity index is 1120. The molecule has 0 fully saturated rings. The van der Waals surface area contributed by atoms with Gasteiger partial charge in [0.05, 0.1) is 21.9 Å². The molecule has 3 rings (SSSR count). The minimum absolute atomic E-state index is 0.0771. The normalized spacial score (nSPS) is 10.6. The molecule has 0 spiro atoms. The lowest BCUT2D eigenvalue weighted by Crippen LogP contribution is -2.28. The van der Waals surface area contributed by atoms with Crippen LogP contribution < -0.4 is 10.6 Å². The summed E-state index contributed by atoms with van der Waals surface area (Å²) in [7, 11) is 0. The van der Waals surface area contributed by atoms with Crippen molar-refractivity contribution in [3.05, 3.63) is 81.1 Å². The molecule has 9 heteroatoms. The Balaban J connectivity index is 1.52. The Morgan fingerprint density at radius 3 is 2.56 bits per heavy atom. The van der Waals surface area contributed by atoms with Gasteiger partial charge in [-0.15, -0.1) is 0 Å². The van der Waals surface area contributed by atoms with E-state index in [1.807, 2.05) is 50.2 Å². The zero-order valence-electron chi connectivity index (χ0n) is 17.6. The Hall–Kier alpha value is -2.61. The number of aromatic nitrogens is 2. The minimum atomic E-state index is -0.462. The first-order valence-electron chi connectivity index (χ1n) is 9.87. The second kappa shape index (κ2) is 11.3. The summed E-state index contributed by atoms with van der Waals surface area (Å²) in [6, 6.07) is 13.6. The topological polar surface area (TPSA) is 84.0 Å². The van der Waals surface area contributed by atoms with E-state index >= 15 is 0 Å². The lowest BCUT2D eigenvalue weighted by atomic mass is 10.2. The Kier molecular flexibility index (Phi) is 8.50. The van der Waals surface area contributed by atoms with Crippen LogP contribution in [0.5, 0.6) is 0 Å². The van der Waals surface area contributed by atoms with E-state index in [9.17, 15) is 9.59 Å². The van der Waals surface area contributed by atoms with Crippen molar-refractivity contribution in [2.24, 2.45) is 0 Å². The summed E-state index contributed by atoms with van der Waals surface area (Å²) in [6.07, 6.45) is 1.49. The number of thioether (sulfide) groups is 1. The number of benzene rings is 2. The van der Waals surface area contributed by atoms with Crippen molar-refractivity contribution < 1.29 is 9.59 Å². The molecule has 0 saturated carbocycles. The van der Waals surface area contributed by atoms with Crippen molar-refractivity contribution in [2.45, 2.75) is 31.2 Å². The number of nitrogens with zero attached hydrogens (tertiary/aromatic N) is 2. The molecule has 2 amide bonds. The molecule has 1 heterocycles. The van der Waals surface area contributed by atoms with Crippen molar-refractivity contribution >= 4 is 52.5 Å². The number of hydrogen-bond donors (Lipinski definition) is 2. The number of hydrogen-bond acceptors (Lipinski definition) is 5. The first-order valence-corrected chi connectivity index (χ1v) is 11.6. The van der Waals surface area contributed by atoms with Crippen LogP contribution in [-0.2, 0) is 10.5 Å². The van der Waals surface area contributed by atoms with Gasteiger partial charge in [-0.3, -0.25) is 9.59 Å². The molecule has 0 aliphatic rings. The van der Waals surface area contributed by atoms with Gasteiger partial charge in [0.15, 0.2) is 10.9 Å². The van der Waals surface area contributed by atoms with Crippen LogP contribution in [0.3, 0.4) is 0 Å². The van der Waals surface area contributed by atoms with E-state index in [0.29, 0.717) is 21.6 Å². The van der Waals surface area contributed by atoms with E-state index in [-0.39, 0.29) is 29.6 Å². The average Bonchev–Trinajstić information content (AvgIpc) is 2.77. The van der Waals surface area contributed by atoms with Gasteiger partial charge < -0.3 is 10.6 Å². The van der Waals surface area contributed by atoms with Crippen molar-refractivity contribution in [1.29, 1.82) is 0 Å². The molecular weight excluding hydrogens is 467 g/mol. The van der Waals surface area contributed by atoms with Crippen LogP contribution in [0.15, 0.2) is 53.8 Å². The summed E-state index contributed by atoms with van der Waals surface area (Å²) < 4.78 is 0. The van der Waals surface area contributed by atoms with Gasteiger partial charge in [-0.05, 0) is 31.0 Å². The second-order valence-corrected chi connectivity index (χ2v) is 8.84. The third-order valence-electron chi connectivity index (χ3n) is 4.53. The molecule has 3 aromatic rings. The predicted octanol–water partition coefficient (Wildman–Crippen LogP) is 5.45. The molecule has 1 aromatic heterocycles. The molecule has 6 nitrogen and oxygen atoms in total. The van der Waals surface area contributed by atoms with Crippen molar-refractivity contribution in [3.8, 4) is 0 Å². The number of anilines is 1. The molecule has 0 radical (unpaired) electrons. The van der Waals surface area contributed by atoms with Crippen LogP contribution in [0.1, 0.15) is 33.6 Å². The molecule has 32 heavy (non-hydrogen) atoms. The molecule has 0 aliphatic heterocycles. The summed E-state index contributed by atoms with van der Waals surface area (Å²) in [6.45, 7) is 4.02. The van der Waals surface area contributed by atoms with Gasteiger partial charge in [-0.2, -0.15) is 0 Å². The zero-order chi connectivity index (χ0) is 23.1. The number of halogens is 2. The van der Waals surface area contributed by atoms with Crippen LogP contribution in [0.25, 0.3) is 0 Å². The summed E-state index contributed by atoms with van der Waals surface area (Å²) in [4.78, 5) is 33.2. The molecule has 0 unspecified atom stereocenters. The Labute approximate surface area is 201 Å². The SMILES string of the molecule is Cc1ccc(CSc2ncc(Cl)c(C(=O)NCCC(=O)Nc3cccc(C)c3Cl)n2)cc1. The summed E-state index contributed by atoms with van der Waals surface area (Å²) in [5, 5.41) is 6.51. The number of nitrogens with one attached hydrogen (secondary N) is 2. The van der Waals surface area contributed by atoms with Crippen molar-refractivity contribution in [3.63, 3.8) is 0 Å². The third kappa shape index (κ3) is 6.69. The smallest absolute Gasteiger partial charge is 0.271 e. The minimum Gasteiger partial charge on any atom is -0.350 e. The quantitative estimate of drug-likeness (QED) is 0.325. The van der Waals surface area contributed by atoms with E-state index in [4.69, 9.17) is 23.2 Å². The molecule has 0 saturated heterocycles. The molecular formula is C23H22Cl2N4O2S. The monoisotopic (exact) mass is 488 g/mol. The maximum absolute atomic E-state index is 12.5. The molecule has 2 N–H and O–H groups in total. The number of amides is 2. The predicted molar refractivity (Wildman–Crippen MR) is 130 cm³/mol. The average molecular weight is 489 g/mol. The highest BCUT2D eigenvalue weighted by atomic mass is 35.5. The fraction of sp³-hybridized carbons (Fsp3) is 0.217. The van der Waals surface area contributed by atoms with Crippen LogP contribution in [0, 0.1) is 13.8 Å². The van der Waals surface area contributed by atoms with Crippen LogP contribution in [0.4, 0.5) is 5.69 Å². The lowest BCUT2D eigenvalue weighted by Gasteiger charge is -2.10. The molecule has 0 aliphatic carbocycles. The van der Waals surface area contributed by atoms with Crippen LogP contribution in [0.2, 0.25) is 10.0 Å². The van der Waals surface area contributed by atoms with Gasteiger partial charge in [0, 0.05) is 18.7 Å². The highest BCUT2D eigenvalue weighted by Crippen LogP contribution is 2.25. The van der Waals surface area contributed by atoms with E-state index in [1.165, 1.54) is 23.5 Å². The van der Waals surface area contributed by atoms with E-state index in [0.717, 1.165) is 11.1 Å². The summed E-state index contributed by atoms with van der Waals surface area (Å²) in [5.41, 5.74) is 3.81. The standard InChI is InChI=1S/C23H22Cl2N4O2S/c1-14-6-8-16(9-7-14)13-32-23-27-12-17(24)21(29-23)22(31)26-11-10-19(30)28-18-5-3-4-15(2)20(18)25/h3-9,12H,10-11,13H2,1-2H3,(H,26,31)(H,28,30). The zero-order valence-corrected chi connectivity index (χ0v) is 19.9. The van der Waals surface area contributed by atoms with E-state index in [1.54, 1.807) is 6.07 Å². The van der Waals surface area contributed by atoms with E-state index < -0.39 is 5.91 Å². The second-order valence-electron chi connectivity index (χ2n) is 7.11. The first kappa shape index (κ1) is 24.0. The van der Waals surface area contributed by atoms with Gasteiger partial charge in [0.25, 0.3) is 5.91 Å². The van der Waals surface area contributed by atoms with Crippen LogP contribution in [-0.4, -0.2) is 28.3 Å². The Morgan fingerprint density at radius 1 is 1.06 bits per heavy atom. The lowest BCUT2D eigenvalue weighted by molar-refractivity contribution is -0.116. The maximum Gasteiger partial charge on any atom is 0.271 e. The number of carbonyl (C=O) groups excluding carboxylic acids is 2. The fourth-order valence-corrected chi connectivity index (χ4v) is 3.86. The van der Waals surface area contributed by atoms with Crippen molar-refractivity contribution in [1.82, 2.24) is 15.3 Å². The fourth-order valence-electron chi connectivity index (χ4n) is 2.74. The third-order valence-corrected chi connectivity index (χ3v) is 6.24. The van der Waals surface area contributed by atoms with Gasteiger partial charge in [0.1, 0.15) is 0 Å². The van der Waals surface area contributed by atoms with Crippen molar-refractivity contribution in [2.75, 3.05) is 11.9 Å². The summed E-state index contributed by atoms with van der Waals surface area (Å²) in [5.74, 6) is -0.0538. The van der Waals surface area contributed by atoms with E-state index in [2.05, 4.69) is 20.6 Å². The van der Waals surface area contributed by atoms with Gasteiger partial charge in [-0.1, -0.05) is 76.9 Å². The van der Waals surface area contributed by atoms with Crippen LogP contribution >= 0.6 is 35.0 Å². The number of carbonyl (C=O) groups is 2. The molecule has 0 atom stereocenters. The number of aryl methyl sites for hydroxylation is 2. The maximum atomic E-state index is 12.5. The molecule has 2 aromatic carbocycles. The van der Waals surface area contributed by atoms with Gasteiger partial charge >= 0.3 is 0 Å².